The molecule has 0 saturated carbocycles. The Bertz CT molecular complexity index is 107. The van der Waals surface area contributed by atoms with Crippen LogP contribution in [0.25, 0.3) is 0 Å². The fourth-order valence-corrected chi connectivity index (χ4v) is 0.798. The second-order valence-corrected chi connectivity index (χ2v) is 2.10. The highest BCUT2D eigenvalue weighted by atomic mass is 15.4. The summed E-state index contributed by atoms with van der Waals surface area (Å²) in [5, 5.41) is 0. The van der Waals surface area contributed by atoms with E-state index in [1.807, 2.05) is 0 Å². The molecule has 0 aliphatic carbocycles. The summed E-state index contributed by atoms with van der Waals surface area (Å²) in [4.78, 5) is 0. The van der Waals surface area contributed by atoms with E-state index in [1.54, 1.807) is 0 Å². The average molecular weight is 112 g/mol. The zero-order chi connectivity index (χ0) is 5.98. The SMILES string of the molecule is CCC1=CC(C)NN1. The van der Waals surface area contributed by atoms with Gasteiger partial charge >= 0.3 is 0 Å². The van der Waals surface area contributed by atoms with Crippen molar-refractivity contribution in [1.29, 1.82) is 0 Å². The van der Waals surface area contributed by atoms with Crippen molar-refractivity contribution in [2.45, 2.75) is 26.3 Å². The Morgan fingerprint density at radius 2 is 2.50 bits per heavy atom. The molecule has 2 N–H and O–H groups in total. The zero-order valence-electron chi connectivity index (χ0n) is 5.36. The number of rotatable bonds is 1. The molecule has 1 unspecified atom stereocenters. The van der Waals surface area contributed by atoms with Crippen molar-refractivity contribution >= 4 is 0 Å². The summed E-state index contributed by atoms with van der Waals surface area (Å²) in [7, 11) is 0. The standard InChI is InChI=1S/C6H12N2/c1-3-6-4-5(2)7-8-6/h4-5,7-8H,3H2,1-2H3. The van der Waals surface area contributed by atoms with E-state index in [2.05, 4.69) is 30.8 Å². The second kappa shape index (κ2) is 2.18. The van der Waals surface area contributed by atoms with Crippen molar-refractivity contribution in [2.24, 2.45) is 0 Å². The molecule has 2 heteroatoms. The summed E-state index contributed by atoms with van der Waals surface area (Å²) in [5.74, 6) is 0. The third-order valence-electron chi connectivity index (χ3n) is 1.29. The summed E-state index contributed by atoms with van der Waals surface area (Å²) in [6.07, 6.45) is 3.29. The molecule has 0 spiro atoms. The molecular weight excluding hydrogens is 100 g/mol. The largest absolute Gasteiger partial charge is 0.325 e. The van der Waals surface area contributed by atoms with Crippen LogP contribution in [-0.4, -0.2) is 6.04 Å². The number of hydrazine groups is 1. The summed E-state index contributed by atoms with van der Waals surface area (Å²) in [6.45, 7) is 4.26. The van der Waals surface area contributed by atoms with E-state index in [-0.39, 0.29) is 0 Å². The van der Waals surface area contributed by atoms with Crippen LogP contribution in [0, 0.1) is 0 Å². The number of hydrogen-bond donors (Lipinski definition) is 2. The summed E-state index contributed by atoms with van der Waals surface area (Å²) in [5.41, 5.74) is 7.45. The van der Waals surface area contributed by atoms with Crippen LogP contribution in [-0.2, 0) is 0 Å². The highest BCUT2D eigenvalue weighted by Gasteiger charge is 2.05. The molecule has 0 radical (unpaired) electrons. The van der Waals surface area contributed by atoms with Crippen LogP contribution in [0.4, 0.5) is 0 Å². The highest BCUT2D eigenvalue weighted by Crippen LogP contribution is 2.01. The van der Waals surface area contributed by atoms with E-state index in [9.17, 15) is 0 Å². The van der Waals surface area contributed by atoms with Crippen molar-refractivity contribution in [3.63, 3.8) is 0 Å². The lowest BCUT2D eigenvalue weighted by molar-refractivity contribution is 0.600. The van der Waals surface area contributed by atoms with E-state index in [0.717, 1.165) is 6.42 Å². The predicted octanol–water partition coefficient (Wildman–Crippen LogP) is 0.777. The number of allylic oxidation sites excluding steroid dienone is 1. The Morgan fingerprint density at radius 1 is 1.75 bits per heavy atom. The molecule has 0 aromatic carbocycles. The molecule has 0 amide bonds. The lowest BCUT2D eigenvalue weighted by Crippen LogP contribution is -2.29. The minimum atomic E-state index is 0.505. The van der Waals surface area contributed by atoms with Crippen molar-refractivity contribution < 1.29 is 0 Å². The van der Waals surface area contributed by atoms with E-state index < -0.39 is 0 Å². The van der Waals surface area contributed by atoms with Gasteiger partial charge in [0.05, 0.1) is 0 Å². The fourth-order valence-electron chi connectivity index (χ4n) is 0.798. The van der Waals surface area contributed by atoms with E-state index >= 15 is 0 Å². The van der Waals surface area contributed by atoms with E-state index in [0.29, 0.717) is 6.04 Å². The van der Waals surface area contributed by atoms with Gasteiger partial charge in [-0.05, 0) is 19.4 Å². The first-order valence-corrected chi connectivity index (χ1v) is 3.05. The van der Waals surface area contributed by atoms with Crippen molar-refractivity contribution in [3.05, 3.63) is 11.8 Å². The summed E-state index contributed by atoms with van der Waals surface area (Å²) in [6, 6.07) is 0.505. The summed E-state index contributed by atoms with van der Waals surface area (Å²) >= 11 is 0. The Morgan fingerprint density at radius 3 is 2.75 bits per heavy atom. The van der Waals surface area contributed by atoms with Gasteiger partial charge in [-0.25, -0.2) is 5.43 Å². The normalized spacial score (nSPS) is 27.2. The lowest BCUT2D eigenvalue weighted by Gasteiger charge is -1.99. The molecule has 1 rings (SSSR count). The van der Waals surface area contributed by atoms with Crippen LogP contribution in [0.3, 0.4) is 0 Å². The molecule has 2 nitrogen and oxygen atoms in total. The van der Waals surface area contributed by atoms with E-state index in [4.69, 9.17) is 0 Å². The van der Waals surface area contributed by atoms with Crippen molar-refractivity contribution in [2.75, 3.05) is 0 Å². The van der Waals surface area contributed by atoms with Gasteiger partial charge in [0, 0.05) is 11.7 Å². The van der Waals surface area contributed by atoms with Gasteiger partial charge in [-0.2, -0.15) is 0 Å². The quantitative estimate of drug-likeness (QED) is 0.523. The molecule has 0 fully saturated rings. The van der Waals surface area contributed by atoms with Crippen molar-refractivity contribution in [1.82, 2.24) is 10.9 Å². The van der Waals surface area contributed by atoms with Gasteiger partial charge in [0.25, 0.3) is 0 Å². The van der Waals surface area contributed by atoms with Crippen LogP contribution >= 0.6 is 0 Å². The van der Waals surface area contributed by atoms with Crippen LogP contribution in [0.2, 0.25) is 0 Å². The van der Waals surface area contributed by atoms with Crippen LogP contribution in [0.15, 0.2) is 11.8 Å². The first-order valence-electron chi connectivity index (χ1n) is 3.05. The fraction of sp³-hybridized carbons (Fsp3) is 0.667. The maximum Gasteiger partial charge on any atom is 0.0432 e. The summed E-state index contributed by atoms with van der Waals surface area (Å²) < 4.78 is 0. The smallest absolute Gasteiger partial charge is 0.0432 e. The van der Waals surface area contributed by atoms with Gasteiger partial charge < -0.3 is 5.43 Å². The van der Waals surface area contributed by atoms with Gasteiger partial charge in [0.15, 0.2) is 0 Å². The molecule has 1 heterocycles. The molecule has 1 atom stereocenters. The van der Waals surface area contributed by atoms with Crippen molar-refractivity contribution in [3.8, 4) is 0 Å². The first kappa shape index (κ1) is 5.63. The van der Waals surface area contributed by atoms with Crippen LogP contribution in [0.1, 0.15) is 20.3 Å². The average Bonchev–Trinajstić information content (AvgIpc) is 2.14. The number of nitrogens with one attached hydrogen (secondary N) is 2. The lowest BCUT2D eigenvalue weighted by atomic mass is 10.3. The first-order chi connectivity index (χ1) is 3.83. The Kier molecular flexibility index (Phi) is 1.53. The molecule has 0 saturated heterocycles. The van der Waals surface area contributed by atoms with Gasteiger partial charge in [0.2, 0.25) is 0 Å². The van der Waals surface area contributed by atoms with Gasteiger partial charge in [0.1, 0.15) is 0 Å². The third kappa shape index (κ3) is 1.01. The maximum atomic E-state index is 3.08. The van der Waals surface area contributed by atoms with Crippen LogP contribution < -0.4 is 10.9 Å². The molecule has 8 heavy (non-hydrogen) atoms. The molecule has 0 aromatic rings. The molecule has 46 valence electrons. The van der Waals surface area contributed by atoms with Crippen LogP contribution in [0.5, 0.6) is 0 Å². The van der Waals surface area contributed by atoms with E-state index in [1.165, 1.54) is 5.70 Å². The Balaban J connectivity index is 2.44. The monoisotopic (exact) mass is 112 g/mol. The zero-order valence-corrected chi connectivity index (χ0v) is 5.36. The molecule has 1 aliphatic rings. The predicted molar refractivity (Wildman–Crippen MR) is 34.1 cm³/mol. The molecule has 0 aromatic heterocycles. The Labute approximate surface area is 49.9 Å². The highest BCUT2D eigenvalue weighted by molar-refractivity contribution is 5.07. The minimum Gasteiger partial charge on any atom is -0.325 e. The number of hydrogen-bond acceptors (Lipinski definition) is 2. The molecule has 1 aliphatic heterocycles. The maximum absolute atomic E-state index is 3.08. The molecular formula is C6H12N2. The minimum absolute atomic E-state index is 0.505. The third-order valence-corrected chi connectivity index (χ3v) is 1.29. The Hall–Kier alpha value is -0.500. The second-order valence-electron chi connectivity index (χ2n) is 2.10. The topological polar surface area (TPSA) is 24.1 Å². The molecule has 0 bridgehead atoms. The van der Waals surface area contributed by atoms with Gasteiger partial charge in [-0.15, -0.1) is 0 Å². The van der Waals surface area contributed by atoms with Gasteiger partial charge in [-0.3, -0.25) is 0 Å². The van der Waals surface area contributed by atoms with Gasteiger partial charge in [-0.1, -0.05) is 6.92 Å².